The summed E-state index contributed by atoms with van der Waals surface area (Å²) >= 11 is 0. The van der Waals surface area contributed by atoms with Crippen molar-refractivity contribution in [2.45, 2.75) is 13.3 Å². The minimum Gasteiger partial charge on any atom is -0.426 e. The topological polar surface area (TPSA) is 42.1 Å². The van der Waals surface area contributed by atoms with Crippen molar-refractivity contribution in [3.05, 3.63) is 42.6 Å². The lowest BCUT2D eigenvalue weighted by Crippen LogP contribution is -2.41. The summed E-state index contributed by atoms with van der Waals surface area (Å²) < 4.78 is 6.21. The number of fused-ring (bicyclic) bond motifs is 1. The Balaban J connectivity index is 2.28. The summed E-state index contributed by atoms with van der Waals surface area (Å²) in [6.07, 6.45) is 4.87. The predicted molar refractivity (Wildman–Crippen MR) is 85.4 cm³/mol. The Morgan fingerprint density at radius 2 is 2.19 bits per heavy atom. The van der Waals surface area contributed by atoms with E-state index in [0.717, 1.165) is 34.9 Å². The molecule has 2 aromatic rings. The van der Waals surface area contributed by atoms with Gasteiger partial charge in [0.2, 0.25) is 0 Å². The number of ether oxygens (including phenoxy) is 1. The number of hydrogen-bond donors (Lipinski definition) is 1. The number of nitrogens with one attached hydrogen (secondary N) is 1. The van der Waals surface area contributed by atoms with Crippen LogP contribution in [0.1, 0.15) is 12.5 Å². The van der Waals surface area contributed by atoms with Gasteiger partial charge in [0, 0.05) is 30.4 Å². The van der Waals surface area contributed by atoms with Crippen molar-refractivity contribution in [2.75, 3.05) is 27.2 Å². The van der Waals surface area contributed by atoms with Crippen LogP contribution in [0, 0.1) is 0 Å². The maximum absolute atomic E-state index is 11.2. The summed E-state index contributed by atoms with van der Waals surface area (Å²) in [6, 6.07) is 5.72. The number of likely N-dealkylation sites (N-methyl/N-ethyl adjacent to an activating group) is 1. The van der Waals surface area contributed by atoms with Crippen molar-refractivity contribution >= 4 is 16.9 Å². The van der Waals surface area contributed by atoms with Gasteiger partial charge in [0.25, 0.3) is 0 Å². The van der Waals surface area contributed by atoms with Crippen LogP contribution in [-0.4, -0.2) is 42.6 Å². The Morgan fingerprint density at radius 1 is 1.43 bits per heavy atom. The average molecular weight is 287 g/mol. The van der Waals surface area contributed by atoms with Crippen molar-refractivity contribution in [2.24, 2.45) is 0 Å². The smallest absolute Gasteiger partial charge is 0.308 e. The number of quaternary nitrogens is 1. The number of esters is 1. The predicted octanol–water partition coefficient (Wildman–Crippen LogP) is 2.90. The maximum Gasteiger partial charge on any atom is 0.308 e. The van der Waals surface area contributed by atoms with Crippen molar-refractivity contribution in [3.63, 3.8) is 0 Å². The van der Waals surface area contributed by atoms with Crippen LogP contribution >= 0.6 is 0 Å². The second-order valence-electron chi connectivity index (χ2n) is 5.97. The molecule has 0 aliphatic carbocycles. The van der Waals surface area contributed by atoms with E-state index in [1.54, 1.807) is 0 Å². The Morgan fingerprint density at radius 3 is 2.86 bits per heavy atom. The summed E-state index contributed by atoms with van der Waals surface area (Å²) in [5.41, 5.74) is 2.18. The lowest BCUT2D eigenvalue weighted by Gasteiger charge is -2.28. The molecule has 0 aliphatic rings. The molecule has 0 saturated carbocycles. The molecule has 112 valence electrons. The number of aromatic amines is 1. The highest BCUT2D eigenvalue weighted by Crippen LogP contribution is 2.29. The Labute approximate surface area is 125 Å². The van der Waals surface area contributed by atoms with Crippen molar-refractivity contribution < 1.29 is 14.0 Å². The zero-order valence-corrected chi connectivity index (χ0v) is 13.0. The Hall–Kier alpha value is -2.07. The molecular formula is C17H23N2O2+. The fourth-order valence-electron chi connectivity index (χ4n) is 2.52. The Bertz CT molecular complexity index is 656. The summed E-state index contributed by atoms with van der Waals surface area (Å²) in [5, 5.41) is 1.01. The van der Waals surface area contributed by atoms with Crippen LogP contribution < -0.4 is 4.74 Å². The standard InChI is InChI=1S/C17H23N2O2/c1-5-10-19(3,4)11-9-14-12-18-15-7-6-8-16(17(14)15)21-13(2)20/h5-8,12,18H,1,9-11H2,2-4H3/q+1. The molecule has 1 aromatic carbocycles. The lowest BCUT2D eigenvalue weighted by atomic mass is 10.1. The van der Waals surface area contributed by atoms with Gasteiger partial charge in [0.1, 0.15) is 5.75 Å². The molecule has 1 N–H and O–H groups in total. The molecule has 0 radical (unpaired) electrons. The van der Waals surface area contributed by atoms with Gasteiger partial charge in [-0.25, -0.2) is 0 Å². The molecule has 0 aliphatic heterocycles. The van der Waals surface area contributed by atoms with Crippen molar-refractivity contribution in [3.8, 4) is 5.75 Å². The van der Waals surface area contributed by atoms with Gasteiger partial charge in [-0.1, -0.05) is 12.6 Å². The number of nitrogens with zero attached hydrogens (tertiary/aromatic N) is 1. The van der Waals surface area contributed by atoms with Gasteiger partial charge in [-0.15, -0.1) is 0 Å². The van der Waals surface area contributed by atoms with Crippen molar-refractivity contribution in [1.82, 2.24) is 4.98 Å². The lowest BCUT2D eigenvalue weighted by molar-refractivity contribution is -0.884. The normalized spacial score (nSPS) is 11.6. The molecule has 1 aromatic heterocycles. The van der Waals surface area contributed by atoms with E-state index in [2.05, 4.69) is 25.7 Å². The molecule has 0 fully saturated rings. The van der Waals surface area contributed by atoms with Crippen LogP contribution in [0.3, 0.4) is 0 Å². The van der Waals surface area contributed by atoms with Crippen LogP contribution in [0.4, 0.5) is 0 Å². The molecule has 2 rings (SSSR count). The molecule has 0 saturated heterocycles. The van der Waals surface area contributed by atoms with E-state index in [9.17, 15) is 4.79 Å². The first kappa shape index (κ1) is 15.3. The molecule has 0 spiro atoms. The second-order valence-corrected chi connectivity index (χ2v) is 5.97. The molecule has 21 heavy (non-hydrogen) atoms. The van der Waals surface area contributed by atoms with E-state index < -0.39 is 0 Å². The van der Waals surface area contributed by atoms with Crippen LogP contribution in [0.5, 0.6) is 5.75 Å². The minimum atomic E-state index is -0.294. The molecule has 0 bridgehead atoms. The largest absolute Gasteiger partial charge is 0.426 e. The van der Waals surface area contributed by atoms with E-state index in [1.807, 2.05) is 30.5 Å². The van der Waals surface area contributed by atoms with E-state index in [1.165, 1.54) is 12.5 Å². The summed E-state index contributed by atoms with van der Waals surface area (Å²) in [6.45, 7) is 7.16. The third kappa shape index (κ3) is 3.73. The van der Waals surface area contributed by atoms with Gasteiger partial charge in [0.15, 0.2) is 0 Å². The quantitative estimate of drug-likeness (QED) is 0.384. The highest BCUT2D eigenvalue weighted by atomic mass is 16.5. The van der Waals surface area contributed by atoms with E-state index in [0.29, 0.717) is 5.75 Å². The van der Waals surface area contributed by atoms with E-state index >= 15 is 0 Å². The van der Waals surface area contributed by atoms with Crippen molar-refractivity contribution in [1.29, 1.82) is 0 Å². The highest BCUT2D eigenvalue weighted by molar-refractivity contribution is 5.91. The van der Waals surface area contributed by atoms with Gasteiger partial charge in [-0.3, -0.25) is 4.79 Å². The number of hydrogen-bond acceptors (Lipinski definition) is 2. The van der Waals surface area contributed by atoms with Crippen LogP contribution in [0.25, 0.3) is 10.9 Å². The maximum atomic E-state index is 11.2. The monoisotopic (exact) mass is 287 g/mol. The van der Waals surface area contributed by atoms with Crippen LogP contribution in [0.15, 0.2) is 37.1 Å². The van der Waals surface area contributed by atoms with E-state index in [-0.39, 0.29) is 5.97 Å². The van der Waals surface area contributed by atoms with Gasteiger partial charge < -0.3 is 14.2 Å². The number of benzene rings is 1. The third-order valence-corrected chi connectivity index (χ3v) is 3.61. The van der Waals surface area contributed by atoms with E-state index in [4.69, 9.17) is 4.74 Å². The molecule has 1 heterocycles. The summed E-state index contributed by atoms with van der Waals surface area (Å²) in [4.78, 5) is 14.5. The third-order valence-electron chi connectivity index (χ3n) is 3.61. The molecule has 4 heteroatoms. The summed E-state index contributed by atoms with van der Waals surface area (Å²) in [7, 11) is 4.37. The molecule has 0 atom stereocenters. The second kappa shape index (κ2) is 6.14. The number of H-pyrrole nitrogens is 1. The first-order chi connectivity index (χ1) is 9.93. The van der Waals surface area contributed by atoms with Crippen LogP contribution in [0.2, 0.25) is 0 Å². The first-order valence-electron chi connectivity index (χ1n) is 7.13. The average Bonchev–Trinajstić information content (AvgIpc) is 2.80. The fourth-order valence-corrected chi connectivity index (χ4v) is 2.52. The first-order valence-corrected chi connectivity index (χ1v) is 7.13. The molecular weight excluding hydrogens is 264 g/mol. The number of carbonyl (C=O) groups is 1. The molecule has 4 nitrogen and oxygen atoms in total. The Kier molecular flexibility index (Phi) is 4.48. The number of aromatic nitrogens is 1. The summed E-state index contributed by atoms with van der Waals surface area (Å²) in [5.74, 6) is 0.336. The molecule has 0 unspecified atom stereocenters. The van der Waals surface area contributed by atoms with Gasteiger partial charge >= 0.3 is 5.97 Å². The zero-order valence-electron chi connectivity index (χ0n) is 13.0. The SMILES string of the molecule is C=CC[N+](C)(C)CCc1c[nH]c2cccc(OC(C)=O)c12. The van der Waals surface area contributed by atoms with Gasteiger partial charge in [-0.05, 0) is 23.8 Å². The number of carbonyl (C=O) groups excluding carboxylic acids is 1. The number of rotatable bonds is 6. The van der Waals surface area contributed by atoms with Gasteiger partial charge in [0.05, 0.1) is 27.2 Å². The van der Waals surface area contributed by atoms with Gasteiger partial charge in [-0.2, -0.15) is 0 Å². The highest BCUT2D eigenvalue weighted by Gasteiger charge is 2.16. The fraction of sp³-hybridized carbons (Fsp3) is 0.353. The molecule has 0 amide bonds. The minimum absolute atomic E-state index is 0.294. The zero-order chi connectivity index (χ0) is 15.5. The van der Waals surface area contributed by atoms with Crippen LogP contribution in [-0.2, 0) is 11.2 Å².